The Morgan fingerprint density at radius 1 is 0.871 bits per heavy atom. The molecule has 0 spiro atoms. The van der Waals surface area contributed by atoms with Crippen molar-refractivity contribution in [3.63, 3.8) is 0 Å². The average Bonchev–Trinajstić information content (AvgIpc) is 2.85. The molecule has 2 heterocycles. The molecule has 3 aromatic carbocycles. The summed E-state index contributed by atoms with van der Waals surface area (Å²) < 4.78 is 6.34. The van der Waals surface area contributed by atoms with E-state index < -0.39 is 0 Å². The van der Waals surface area contributed by atoms with Crippen LogP contribution in [0.15, 0.2) is 91.1 Å². The highest BCUT2D eigenvalue weighted by Crippen LogP contribution is 2.36. The van der Waals surface area contributed by atoms with Crippen LogP contribution >= 0.6 is 0 Å². The molecule has 4 heteroatoms. The molecule has 0 bridgehead atoms. The van der Waals surface area contributed by atoms with E-state index >= 15 is 0 Å². The minimum atomic E-state index is 0.103. The first kappa shape index (κ1) is 19.7. The van der Waals surface area contributed by atoms with E-state index in [-0.39, 0.29) is 6.04 Å². The molecule has 1 fully saturated rings. The van der Waals surface area contributed by atoms with Gasteiger partial charge in [0.05, 0.1) is 11.6 Å². The number of aromatic nitrogens is 1. The molecule has 1 atom stereocenters. The molecule has 1 saturated heterocycles. The third-order valence-electron chi connectivity index (χ3n) is 5.89. The van der Waals surface area contributed by atoms with Gasteiger partial charge in [0, 0.05) is 43.3 Å². The Kier molecular flexibility index (Phi) is 5.92. The average molecular weight is 410 g/mol. The normalized spacial score (nSPS) is 15.6. The van der Waals surface area contributed by atoms with Gasteiger partial charge in [-0.2, -0.15) is 0 Å². The Morgan fingerprint density at radius 2 is 1.61 bits per heavy atom. The van der Waals surface area contributed by atoms with E-state index in [1.54, 1.807) is 0 Å². The number of rotatable bonds is 6. The highest BCUT2D eigenvalue weighted by atomic mass is 16.5. The quantitative estimate of drug-likeness (QED) is 0.496. The lowest BCUT2D eigenvalue weighted by molar-refractivity contribution is 0.192. The van der Waals surface area contributed by atoms with E-state index in [0.29, 0.717) is 6.61 Å². The second-order valence-corrected chi connectivity index (χ2v) is 7.96. The lowest BCUT2D eigenvalue weighted by Crippen LogP contribution is -2.45. The van der Waals surface area contributed by atoms with Gasteiger partial charge >= 0.3 is 0 Å². The first-order valence-corrected chi connectivity index (χ1v) is 10.9. The van der Waals surface area contributed by atoms with Crippen molar-refractivity contribution in [3.05, 3.63) is 108 Å². The molecule has 1 aromatic heterocycles. The van der Waals surface area contributed by atoms with Gasteiger partial charge in [-0.1, -0.05) is 66.7 Å². The maximum absolute atomic E-state index is 6.34. The van der Waals surface area contributed by atoms with Crippen LogP contribution in [0.2, 0.25) is 0 Å². The number of nitrogens with zero attached hydrogens (tertiary/aromatic N) is 2. The summed E-state index contributed by atoms with van der Waals surface area (Å²) >= 11 is 0. The van der Waals surface area contributed by atoms with Crippen LogP contribution in [0.1, 0.15) is 22.7 Å². The van der Waals surface area contributed by atoms with Crippen LogP contribution in [0.25, 0.3) is 10.9 Å². The highest BCUT2D eigenvalue weighted by Gasteiger charge is 2.27. The lowest BCUT2D eigenvalue weighted by Gasteiger charge is -2.36. The molecule has 0 aliphatic carbocycles. The molecular formula is C27H27N3O. The maximum Gasteiger partial charge on any atom is 0.124 e. The molecule has 156 valence electrons. The summed E-state index contributed by atoms with van der Waals surface area (Å²) in [6.45, 7) is 4.52. The van der Waals surface area contributed by atoms with E-state index in [4.69, 9.17) is 9.72 Å². The third-order valence-corrected chi connectivity index (χ3v) is 5.89. The van der Waals surface area contributed by atoms with Crippen molar-refractivity contribution in [1.82, 2.24) is 15.2 Å². The van der Waals surface area contributed by atoms with Gasteiger partial charge in [0.1, 0.15) is 12.4 Å². The predicted molar refractivity (Wildman–Crippen MR) is 125 cm³/mol. The zero-order chi connectivity index (χ0) is 20.9. The Hall–Kier alpha value is -3.21. The van der Waals surface area contributed by atoms with Crippen molar-refractivity contribution in [3.8, 4) is 5.75 Å². The van der Waals surface area contributed by atoms with E-state index in [1.807, 2.05) is 18.3 Å². The van der Waals surface area contributed by atoms with Gasteiger partial charge in [-0.15, -0.1) is 0 Å². The molecule has 1 N–H and O–H groups in total. The molecule has 0 saturated carbocycles. The smallest absolute Gasteiger partial charge is 0.124 e. The summed E-state index contributed by atoms with van der Waals surface area (Å²) in [5.74, 6) is 0.933. The van der Waals surface area contributed by atoms with Crippen LogP contribution in [0.3, 0.4) is 0 Å². The SMILES string of the molecule is c1ccc(COc2ccccc2C(c2cnc3ccccc3c2)N2CCNCC2)cc1. The van der Waals surface area contributed by atoms with Crippen LogP contribution in [0, 0.1) is 0 Å². The van der Waals surface area contributed by atoms with Crippen molar-refractivity contribution in [2.75, 3.05) is 26.2 Å². The standard InChI is InChI=1S/C27H27N3O/c1-2-8-21(9-3-1)20-31-26-13-7-5-11-24(26)27(30-16-14-28-15-17-30)23-18-22-10-4-6-12-25(22)29-19-23/h1-13,18-19,27-28H,14-17,20H2. The molecule has 1 aliphatic heterocycles. The van der Waals surface area contributed by atoms with Crippen LogP contribution in [0.5, 0.6) is 5.75 Å². The molecule has 0 radical (unpaired) electrons. The molecule has 31 heavy (non-hydrogen) atoms. The number of hydrogen-bond donors (Lipinski definition) is 1. The fourth-order valence-electron chi connectivity index (χ4n) is 4.34. The molecular weight excluding hydrogens is 382 g/mol. The minimum absolute atomic E-state index is 0.103. The van der Waals surface area contributed by atoms with Gasteiger partial charge in [-0.3, -0.25) is 9.88 Å². The van der Waals surface area contributed by atoms with Gasteiger partial charge < -0.3 is 10.1 Å². The van der Waals surface area contributed by atoms with Crippen LogP contribution < -0.4 is 10.1 Å². The van der Waals surface area contributed by atoms with E-state index in [2.05, 4.69) is 83.0 Å². The Morgan fingerprint density at radius 3 is 2.48 bits per heavy atom. The number of piperazine rings is 1. The number of para-hydroxylation sites is 2. The van der Waals surface area contributed by atoms with Crippen molar-refractivity contribution in [2.24, 2.45) is 0 Å². The second kappa shape index (κ2) is 9.29. The summed E-state index contributed by atoms with van der Waals surface area (Å²) in [5, 5.41) is 4.64. The molecule has 4 nitrogen and oxygen atoms in total. The van der Waals surface area contributed by atoms with Gasteiger partial charge in [-0.05, 0) is 29.3 Å². The summed E-state index contributed by atoms with van der Waals surface area (Å²) in [6.07, 6.45) is 2.03. The number of pyridine rings is 1. The van der Waals surface area contributed by atoms with Crippen molar-refractivity contribution in [1.29, 1.82) is 0 Å². The number of benzene rings is 3. The number of fused-ring (bicyclic) bond motifs is 1. The van der Waals surface area contributed by atoms with Crippen LogP contribution in [-0.2, 0) is 6.61 Å². The van der Waals surface area contributed by atoms with E-state index in [9.17, 15) is 0 Å². The Bertz CT molecular complexity index is 1140. The first-order valence-electron chi connectivity index (χ1n) is 10.9. The first-order chi connectivity index (χ1) is 15.4. The molecule has 0 amide bonds. The molecule has 1 unspecified atom stereocenters. The Labute approximate surface area is 183 Å². The summed E-state index contributed by atoms with van der Waals surface area (Å²) in [6, 6.07) is 29.5. The summed E-state index contributed by atoms with van der Waals surface area (Å²) in [5.41, 5.74) is 4.59. The zero-order valence-electron chi connectivity index (χ0n) is 17.6. The number of nitrogens with one attached hydrogen (secondary N) is 1. The van der Waals surface area contributed by atoms with Gasteiger partial charge in [0.15, 0.2) is 0 Å². The van der Waals surface area contributed by atoms with E-state index in [1.165, 1.54) is 22.1 Å². The van der Waals surface area contributed by atoms with E-state index in [0.717, 1.165) is 37.4 Å². The second-order valence-electron chi connectivity index (χ2n) is 7.96. The monoisotopic (exact) mass is 409 g/mol. The molecule has 5 rings (SSSR count). The van der Waals surface area contributed by atoms with Crippen molar-refractivity contribution in [2.45, 2.75) is 12.6 Å². The zero-order valence-corrected chi connectivity index (χ0v) is 17.6. The number of hydrogen-bond acceptors (Lipinski definition) is 4. The molecule has 4 aromatic rings. The van der Waals surface area contributed by atoms with Crippen molar-refractivity contribution >= 4 is 10.9 Å². The molecule has 1 aliphatic rings. The van der Waals surface area contributed by atoms with Gasteiger partial charge in [-0.25, -0.2) is 0 Å². The Balaban J connectivity index is 1.53. The third kappa shape index (κ3) is 4.46. The summed E-state index contributed by atoms with van der Waals surface area (Å²) in [4.78, 5) is 7.30. The minimum Gasteiger partial charge on any atom is -0.489 e. The van der Waals surface area contributed by atoms with Gasteiger partial charge in [0.2, 0.25) is 0 Å². The van der Waals surface area contributed by atoms with Crippen LogP contribution in [-0.4, -0.2) is 36.1 Å². The lowest BCUT2D eigenvalue weighted by atomic mass is 9.95. The largest absolute Gasteiger partial charge is 0.489 e. The highest BCUT2D eigenvalue weighted by molar-refractivity contribution is 5.79. The fourth-order valence-corrected chi connectivity index (χ4v) is 4.34. The fraction of sp³-hybridized carbons (Fsp3) is 0.222. The maximum atomic E-state index is 6.34. The van der Waals surface area contributed by atoms with Gasteiger partial charge in [0.25, 0.3) is 0 Å². The van der Waals surface area contributed by atoms with Crippen molar-refractivity contribution < 1.29 is 4.74 Å². The number of ether oxygens (including phenoxy) is 1. The predicted octanol–water partition coefficient (Wildman–Crippen LogP) is 4.81. The topological polar surface area (TPSA) is 37.4 Å². The van der Waals surface area contributed by atoms with Crippen LogP contribution in [0.4, 0.5) is 0 Å². The summed E-state index contributed by atoms with van der Waals surface area (Å²) in [7, 11) is 0.